The van der Waals surface area contributed by atoms with Crippen molar-refractivity contribution in [3.8, 4) is 0 Å². The third-order valence-electron chi connectivity index (χ3n) is 4.19. The maximum Gasteiger partial charge on any atom is 0.163 e. The Morgan fingerprint density at radius 3 is 2.30 bits per heavy atom. The summed E-state index contributed by atoms with van der Waals surface area (Å²) in [5.41, 5.74) is 1.85. The number of benzene rings is 2. The summed E-state index contributed by atoms with van der Waals surface area (Å²) in [7, 11) is 1.63. The van der Waals surface area contributed by atoms with Gasteiger partial charge in [0, 0.05) is 25.0 Å². The van der Waals surface area contributed by atoms with Gasteiger partial charge in [-0.15, -0.1) is 0 Å². The largest absolute Gasteiger partial charge is 0.382 e. The molecular formula is C23H28O4. The van der Waals surface area contributed by atoms with E-state index >= 15 is 0 Å². The van der Waals surface area contributed by atoms with E-state index in [-0.39, 0.29) is 24.6 Å². The number of ether oxygens (including phenoxy) is 3. The van der Waals surface area contributed by atoms with Gasteiger partial charge in [0.2, 0.25) is 0 Å². The fourth-order valence-electron chi connectivity index (χ4n) is 2.64. The molecule has 0 aliphatic heterocycles. The smallest absolute Gasteiger partial charge is 0.163 e. The van der Waals surface area contributed by atoms with Gasteiger partial charge in [-0.1, -0.05) is 72.8 Å². The van der Waals surface area contributed by atoms with Crippen LogP contribution in [0, 0.1) is 0 Å². The lowest BCUT2D eigenvalue weighted by atomic mass is 9.91. The molecule has 0 saturated heterocycles. The summed E-state index contributed by atoms with van der Waals surface area (Å²) in [4.78, 5) is 12.6. The van der Waals surface area contributed by atoms with Gasteiger partial charge in [0.15, 0.2) is 5.78 Å². The highest BCUT2D eigenvalue weighted by molar-refractivity contribution is 5.96. The summed E-state index contributed by atoms with van der Waals surface area (Å²) in [6, 6.07) is 19.5. The SMILES string of the molecule is COCCOCO[C@@H](C)/C=C/[C@H](CC(=O)c1ccccc1)c1ccccc1. The number of hydrogen-bond donors (Lipinski definition) is 0. The molecule has 2 aromatic carbocycles. The highest BCUT2D eigenvalue weighted by Gasteiger charge is 2.15. The van der Waals surface area contributed by atoms with E-state index in [2.05, 4.69) is 6.08 Å². The molecule has 0 radical (unpaired) electrons. The second kappa shape index (κ2) is 12.2. The van der Waals surface area contributed by atoms with Crippen LogP contribution in [0.3, 0.4) is 0 Å². The number of rotatable bonds is 12. The van der Waals surface area contributed by atoms with Crippen LogP contribution < -0.4 is 0 Å². The van der Waals surface area contributed by atoms with E-state index < -0.39 is 0 Å². The molecule has 0 N–H and O–H groups in total. The minimum atomic E-state index is -0.106. The maximum absolute atomic E-state index is 12.6. The van der Waals surface area contributed by atoms with Crippen LogP contribution in [-0.4, -0.2) is 39.0 Å². The van der Waals surface area contributed by atoms with Crippen molar-refractivity contribution in [3.63, 3.8) is 0 Å². The zero-order chi connectivity index (χ0) is 19.3. The van der Waals surface area contributed by atoms with Gasteiger partial charge in [0.25, 0.3) is 0 Å². The van der Waals surface area contributed by atoms with Gasteiger partial charge >= 0.3 is 0 Å². The molecule has 0 aromatic heterocycles. The first-order chi connectivity index (χ1) is 13.2. The molecule has 0 fully saturated rings. The second-order valence-electron chi connectivity index (χ2n) is 6.29. The molecular weight excluding hydrogens is 340 g/mol. The first-order valence-electron chi connectivity index (χ1n) is 9.20. The normalized spacial score (nSPS) is 13.6. The van der Waals surface area contributed by atoms with Gasteiger partial charge < -0.3 is 14.2 Å². The molecule has 0 saturated carbocycles. The Labute approximate surface area is 161 Å². The Morgan fingerprint density at radius 1 is 0.963 bits per heavy atom. The molecule has 2 rings (SSSR count). The van der Waals surface area contributed by atoms with Crippen molar-refractivity contribution >= 4 is 5.78 Å². The van der Waals surface area contributed by atoms with Crippen LogP contribution in [-0.2, 0) is 14.2 Å². The molecule has 0 amide bonds. The summed E-state index contributed by atoms with van der Waals surface area (Å²) in [6.45, 7) is 3.22. The Kier molecular flexibility index (Phi) is 9.49. The summed E-state index contributed by atoms with van der Waals surface area (Å²) >= 11 is 0. The lowest BCUT2D eigenvalue weighted by Gasteiger charge is -2.15. The van der Waals surface area contributed by atoms with Crippen LogP contribution in [0.1, 0.15) is 35.2 Å². The molecule has 0 aliphatic carbocycles. The lowest BCUT2D eigenvalue weighted by molar-refractivity contribution is -0.0803. The van der Waals surface area contributed by atoms with Crippen molar-refractivity contribution in [2.75, 3.05) is 27.1 Å². The topological polar surface area (TPSA) is 44.8 Å². The lowest BCUT2D eigenvalue weighted by Crippen LogP contribution is -2.12. The Bertz CT molecular complexity index is 682. The minimum Gasteiger partial charge on any atom is -0.382 e. The molecule has 27 heavy (non-hydrogen) atoms. The summed E-state index contributed by atoms with van der Waals surface area (Å²) in [5, 5.41) is 0. The second-order valence-corrected chi connectivity index (χ2v) is 6.29. The molecule has 0 aliphatic rings. The van der Waals surface area contributed by atoms with E-state index in [1.165, 1.54) is 0 Å². The van der Waals surface area contributed by atoms with E-state index in [9.17, 15) is 4.79 Å². The number of hydrogen-bond acceptors (Lipinski definition) is 4. The fraction of sp³-hybridized carbons (Fsp3) is 0.348. The maximum atomic E-state index is 12.6. The van der Waals surface area contributed by atoms with Crippen LogP contribution in [0.5, 0.6) is 0 Å². The highest BCUT2D eigenvalue weighted by atomic mass is 16.7. The first kappa shape index (κ1) is 21.0. The molecule has 0 spiro atoms. The summed E-state index contributed by atoms with van der Waals surface area (Å²) in [6.07, 6.45) is 4.35. The monoisotopic (exact) mass is 368 g/mol. The van der Waals surface area contributed by atoms with E-state index in [1.54, 1.807) is 7.11 Å². The van der Waals surface area contributed by atoms with E-state index in [0.29, 0.717) is 19.6 Å². The summed E-state index contributed by atoms with van der Waals surface area (Å²) in [5.74, 6) is 0.130. The number of allylic oxidation sites excluding steroid dienone is 1. The van der Waals surface area contributed by atoms with E-state index in [4.69, 9.17) is 14.2 Å². The van der Waals surface area contributed by atoms with Crippen LogP contribution in [0.15, 0.2) is 72.8 Å². The van der Waals surface area contributed by atoms with Crippen molar-refractivity contribution in [3.05, 3.63) is 83.9 Å². The van der Waals surface area contributed by atoms with Crippen molar-refractivity contribution in [2.24, 2.45) is 0 Å². The zero-order valence-electron chi connectivity index (χ0n) is 16.0. The summed E-state index contributed by atoms with van der Waals surface area (Å²) < 4.78 is 15.9. The fourth-order valence-corrected chi connectivity index (χ4v) is 2.64. The molecule has 144 valence electrons. The molecule has 2 atom stereocenters. The van der Waals surface area contributed by atoms with Crippen molar-refractivity contribution in [1.82, 2.24) is 0 Å². The van der Waals surface area contributed by atoms with Crippen LogP contribution >= 0.6 is 0 Å². The average molecular weight is 368 g/mol. The Balaban J connectivity index is 1.97. The third kappa shape index (κ3) is 7.87. The molecule has 4 heteroatoms. The van der Waals surface area contributed by atoms with Crippen LogP contribution in [0.2, 0.25) is 0 Å². The number of Topliss-reactive ketones (excluding diaryl/α,β-unsaturated/α-hetero) is 1. The van der Waals surface area contributed by atoms with Gasteiger partial charge in [-0.05, 0) is 12.5 Å². The predicted molar refractivity (Wildman–Crippen MR) is 107 cm³/mol. The molecule has 0 unspecified atom stereocenters. The highest BCUT2D eigenvalue weighted by Crippen LogP contribution is 2.23. The van der Waals surface area contributed by atoms with Gasteiger partial charge in [-0.2, -0.15) is 0 Å². The van der Waals surface area contributed by atoms with E-state index in [0.717, 1.165) is 11.1 Å². The van der Waals surface area contributed by atoms with Gasteiger partial charge in [-0.25, -0.2) is 0 Å². The average Bonchev–Trinajstić information content (AvgIpc) is 2.72. The molecule has 0 bridgehead atoms. The quantitative estimate of drug-likeness (QED) is 0.237. The van der Waals surface area contributed by atoms with Crippen LogP contribution in [0.25, 0.3) is 0 Å². The number of carbonyl (C=O) groups excluding carboxylic acids is 1. The third-order valence-corrected chi connectivity index (χ3v) is 4.19. The van der Waals surface area contributed by atoms with Gasteiger partial charge in [-0.3, -0.25) is 4.79 Å². The van der Waals surface area contributed by atoms with Crippen molar-refractivity contribution in [1.29, 1.82) is 0 Å². The van der Waals surface area contributed by atoms with Gasteiger partial charge in [0.1, 0.15) is 6.79 Å². The first-order valence-corrected chi connectivity index (χ1v) is 9.20. The molecule has 0 heterocycles. The number of methoxy groups -OCH3 is 1. The van der Waals surface area contributed by atoms with Crippen molar-refractivity contribution < 1.29 is 19.0 Å². The van der Waals surface area contributed by atoms with E-state index in [1.807, 2.05) is 73.7 Å². The Hall–Kier alpha value is -2.27. The zero-order valence-corrected chi connectivity index (χ0v) is 16.0. The van der Waals surface area contributed by atoms with Gasteiger partial charge in [0.05, 0.1) is 19.3 Å². The standard InChI is InChI=1S/C23H28O4/c1-19(27-18-26-16-15-25-2)13-14-22(20-9-5-3-6-10-20)17-23(24)21-11-7-4-8-12-21/h3-14,19,22H,15-18H2,1-2H3/b14-13+/t19-,22+/m0/s1. The van der Waals surface area contributed by atoms with Crippen molar-refractivity contribution in [2.45, 2.75) is 25.4 Å². The number of carbonyl (C=O) groups is 1. The molecule has 2 aromatic rings. The Morgan fingerprint density at radius 2 is 1.63 bits per heavy atom. The number of ketones is 1. The molecule has 4 nitrogen and oxygen atoms in total. The van der Waals surface area contributed by atoms with Crippen LogP contribution in [0.4, 0.5) is 0 Å². The minimum absolute atomic E-state index is 0.000587. The predicted octanol–water partition coefficient (Wildman–Crippen LogP) is 4.63.